The number of halogens is 1. The predicted molar refractivity (Wildman–Crippen MR) is 123 cm³/mol. The van der Waals surface area contributed by atoms with Gasteiger partial charge in [0.25, 0.3) is 5.91 Å². The first-order chi connectivity index (χ1) is 16.3. The van der Waals surface area contributed by atoms with Gasteiger partial charge < -0.3 is 19.9 Å². The van der Waals surface area contributed by atoms with Crippen LogP contribution < -0.4 is 10.1 Å². The molecule has 4 bridgehead atoms. The van der Waals surface area contributed by atoms with Gasteiger partial charge in [0.15, 0.2) is 5.78 Å². The fraction of sp³-hybridized carbons (Fsp3) is 0.481. The number of hydrogen-bond donors (Lipinski definition) is 2. The molecule has 34 heavy (non-hydrogen) atoms. The first-order valence-electron chi connectivity index (χ1n) is 11.8. The number of hydrogen-bond acceptors (Lipinski definition) is 5. The maximum atomic E-state index is 14.3. The molecule has 180 valence electrons. The molecule has 0 heterocycles. The van der Waals surface area contributed by atoms with Gasteiger partial charge >= 0.3 is 0 Å². The Kier molecular flexibility index (Phi) is 5.94. The first-order valence-corrected chi connectivity index (χ1v) is 11.8. The number of carbonyl (C=O) groups is 2. The summed E-state index contributed by atoms with van der Waals surface area (Å²) < 4.78 is 24.8. The Morgan fingerprint density at radius 3 is 2.44 bits per heavy atom. The number of nitrogens with one attached hydrogen (secondary N) is 1. The molecule has 6 nitrogen and oxygen atoms in total. The van der Waals surface area contributed by atoms with Crippen LogP contribution in [0.5, 0.6) is 5.75 Å². The van der Waals surface area contributed by atoms with Crippen molar-refractivity contribution in [2.75, 3.05) is 14.2 Å². The topological polar surface area (TPSA) is 84.9 Å². The van der Waals surface area contributed by atoms with E-state index in [1.54, 1.807) is 18.2 Å². The lowest BCUT2D eigenvalue weighted by Gasteiger charge is -2.58. The lowest BCUT2D eigenvalue weighted by Crippen LogP contribution is -2.61. The van der Waals surface area contributed by atoms with Gasteiger partial charge in [-0.15, -0.1) is 0 Å². The zero-order chi connectivity index (χ0) is 24.0. The van der Waals surface area contributed by atoms with E-state index in [0.717, 1.165) is 32.1 Å². The van der Waals surface area contributed by atoms with Crippen LogP contribution in [-0.2, 0) is 11.3 Å². The zero-order valence-electron chi connectivity index (χ0n) is 19.5. The molecule has 2 aromatic rings. The van der Waals surface area contributed by atoms with Crippen LogP contribution in [0.25, 0.3) is 0 Å². The quantitative estimate of drug-likeness (QED) is 0.604. The van der Waals surface area contributed by atoms with E-state index in [4.69, 9.17) is 9.47 Å². The lowest BCUT2D eigenvalue weighted by molar-refractivity contribution is -0.136. The van der Waals surface area contributed by atoms with Gasteiger partial charge in [0.1, 0.15) is 11.6 Å². The van der Waals surface area contributed by atoms with Gasteiger partial charge in [-0.1, -0.05) is 6.07 Å². The van der Waals surface area contributed by atoms with Crippen LogP contribution in [0, 0.1) is 23.6 Å². The summed E-state index contributed by atoms with van der Waals surface area (Å²) in [6.45, 7) is 0.143. The van der Waals surface area contributed by atoms with Gasteiger partial charge in [-0.05, 0) is 85.8 Å². The monoisotopic (exact) mass is 467 g/mol. The number of amides is 1. The summed E-state index contributed by atoms with van der Waals surface area (Å²) in [5.41, 5.74) is 0.628. The molecule has 4 aliphatic carbocycles. The minimum Gasteiger partial charge on any atom is -0.497 e. The number of ketones is 1. The summed E-state index contributed by atoms with van der Waals surface area (Å²) in [5.74, 6) is 0.202. The SMILES string of the molecule is COCc1cc(C(=O)c2cc(OC)ccc2F)ccc1C(=O)NC1C2CC3CC1CC(O)(C3)C2. The summed E-state index contributed by atoms with van der Waals surface area (Å²) in [6.07, 6.45) is 4.48. The van der Waals surface area contributed by atoms with Gasteiger partial charge in [0, 0.05) is 24.3 Å². The molecule has 2 unspecified atom stereocenters. The smallest absolute Gasteiger partial charge is 0.251 e. The Balaban J connectivity index is 1.38. The molecule has 0 radical (unpaired) electrons. The van der Waals surface area contributed by atoms with Crippen molar-refractivity contribution in [1.29, 1.82) is 0 Å². The van der Waals surface area contributed by atoms with Crippen LogP contribution in [0.15, 0.2) is 36.4 Å². The Morgan fingerprint density at radius 2 is 1.79 bits per heavy atom. The van der Waals surface area contributed by atoms with Crippen molar-refractivity contribution in [3.63, 3.8) is 0 Å². The molecule has 0 aromatic heterocycles. The Hall–Kier alpha value is -2.77. The van der Waals surface area contributed by atoms with Crippen molar-refractivity contribution < 1.29 is 28.6 Å². The second-order valence-electron chi connectivity index (χ2n) is 10.2. The van der Waals surface area contributed by atoms with Crippen molar-refractivity contribution in [3.8, 4) is 5.75 Å². The van der Waals surface area contributed by atoms with E-state index in [9.17, 15) is 19.1 Å². The van der Waals surface area contributed by atoms with Crippen LogP contribution in [0.3, 0.4) is 0 Å². The third kappa shape index (κ3) is 4.12. The van der Waals surface area contributed by atoms with Crippen molar-refractivity contribution >= 4 is 11.7 Å². The minimum atomic E-state index is -0.635. The van der Waals surface area contributed by atoms with Crippen LogP contribution in [0.4, 0.5) is 4.39 Å². The van der Waals surface area contributed by atoms with Gasteiger partial charge in [0.05, 0.1) is 24.9 Å². The second kappa shape index (κ2) is 8.78. The highest BCUT2D eigenvalue weighted by Gasteiger charge is 2.55. The summed E-state index contributed by atoms with van der Waals surface area (Å²) in [4.78, 5) is 26.3. The molecule has 2 N–H and O–H groups in total. The Bertz CT molecular complexity index is 1120. The first kappa shape index (κ1) is 23.0. The molecule has 4 saturated carbocycles. The van der Waals surface area contributed by atoms with E-state index in [1.807, 2.05) is 0 Å². The summed E-state index contributed by atoms with van der Waals surface area (Å²) in [5, 5.41) is 14.1. The van der Waals surface area contributed by atoms with E-state index in [2.05, 4.69) is 5.32 Å². The normalized spacial score (nSPS) is 29.2. The molecular weight excluding hydrogens is 437 g/mol. The number of methoxy groups -OCH3 is 2. The van der Waals surface area contributed by atoms with Crippen LogP contribution >= 0.6 is 0 Å². The zero-order valence-corrected chi connectivity index (χ0v) is 19.5. The maximum Gasteiger partial charge on any atom is 0.251 e. The van der Waals surface area contributed by atoms with Gasteiger partial charge in [-0.3, -0.25) is 9.59 Å². The minimum absolute atomic E-state index is 0.0481. The van der Waals surface area contributed by atoms with Gasteiger partial charge in [0.2, 0.25) is 0 Å². The molecule has 4 aliphatic rings. The molecule has 6 rings (SSSR count). The molecule has 2 aromatic carbocycles. The molecule has 1 amide bonds. The van der Waals surface area contributed by atoms with Gasteiger partial charge in [-0.2, -0.15) is 0 Å². The van der Waals surface area contributed by atoms with E-state index in [-0.39, 0.29) is 29.7 Å². The van der Waals surface area contributed by atoms with E-state index in [1.165, 1.54) is 32.4 Å². The molecule has 0 aliphatic heterocycles. The highest BCUT2D eigenvalue weighted by atomic mass is 19.1. The van der Waals surface area contributed by atoms with Crippen molar-refractivity contribution in [3.05, 3.63) is 64.5 Å². The number of ether oxygens (including phenoxy) is 2. The lowest BCUT2D eigenvalue weighted by atomic mass is 9.52. The third-order valence-electron chi connectivity index (χ3n) is 7.87. The number of rotatable bonds is 7. The predicted octanol–water partition coefficient (Wildman–Crippen LogP) is 3.88. The largest absolute Gasteiger partial charge is 0.497 e. The highest BCUT2D eigenvalue weighted by molar-refractivity contribution is 6.10. The van der Waals surface area contributed by atoms with Crippen molar-refractivity contribution in [2.45, 2.75) is 50.4 Å². The standard InChI is InChI=1S/C27H30FNO5/c1-33-14-19-9-16(25(30)22-10-20(34-2)4-6-23(22)28)3-5-21(19)26(31)29-24-17-7-15-8-18(24)13-27(32,11-15)12-17/h3-6,9-10,15,17-18,24,32H,7-8,11-14H2,1-2H3,(H,29,31). The van der Waals surface area contributed by atoms with E-state index in [0.29, 0.717) is 34.6 Å². The number of benzene rings is 2. The van der Waals surface area contributed by atoms with E-state index < -0.39 is 17.2 Å². The average Bonchev–Trinajstić information content (AvgIpc) is 2.80. The fourth-order valence-electron chi connectivity index (χ4n) is 6.64. The second-order valence-corrected chi connectivity index (χ2v) is 10.2. The van der Waals surface area contributed by atoms with Crippen LogP contribution in [-0.4, -0.2) is 42.7 Å². The summed E-state index contributed by atoms with van der Waals surface area (Å²) in [6, 6.07) is 8.83. The molecule has 0 saturated heterocycles. The van der Waals surface area contributed by atoms with Gasteiger partial charge in [-0.25, -0.2) is 4.39 Å². The molecular formula is C27H30FNO5. The highest BCUT2D eigenvalue weighted by Crippen LogP contribution is 2.55. The Morgan fingerprint density at radius 1 is 1.06 bits per heavy atom. The Labute approximate surface area is 198 Å². The van der Waals surface area contributed by atoms with Crippen LogP contribution in [0.1, 0.15) is 63.9 Å². The maximum absolute atomic E-state index is 14.3. The number of aliphatic hydroxyl groups is 1. The molecule has 2 atom stereocenters. The number of carbonyl (C=O) groups excluding carboxylic acids is 2. The fourth-order valence-corrected chi connectivity index (χ4v) is 6.64. The van der Waals surface area contributed by atoms with Crippen LogP contribution in [0.2, 0.25) is 0 Å². The summed E-state index contributed by atoms with van der Waals surface area (Å²) >= 11 is 0. The van der Waals surface area contributed by atoms with Crippen molar-refractivity contribution in [2.24, 2.45) is 17.8 Å². The third-order valence-corrected chi connectivity index (χ3v) is 7.87. The molecule has 0 spiro atoms. The molecule has 7 heteroatoms. The molecule has 4 fully saturated rings. The average molecular weight is 468 g/mol. The van der Waals surface area contributed by atoms with E-state index >= 15 is 0 Å². The summed E-state index contributed by atoms with van der Waals surface area (Å²) in [7, 11) is 2.98. The van der Waals surface area contributed by atoms with Crippen molar-refractivity contribution in [1.82, 2.24) is 5.32 Å².